The first-order valence-corrected chi connectivity index (χ1v) is 17.0. The first-order valence-electron chi connectivity index (χ1n) is 17.0. The summed E-state index contributed by atoms with van der Waals surface area (Å²) in [5.74, 6) is 0.0173. The van der Waals surface area contributed by atoms with E-state index in [2.05, 4.69) is 39.0 Å². The zero-order valence-electron chi connectivity index (χ0n) is 27.3. The van der Waals surface area contributed by atoms with Crippen LogP contribution >= 0.6 is 0 Å². The van der Waals surface area contributed by atoms with Crippen molar-refractivity contribution in [2.24, 2.45) is 5.92 Å². The van der Waals surface area contributed by atoms with Crippen molar-refractivity contribution in [3.8, 4) is 0 Å². The standard InChI is InChI=1S/C36H64O6/c1-4-6-7-8-9-10-11-12-13-14-15-19-22-26-33(38)27-24-29-36(40)42-34(30-37)31-41-35(39)28-23-20-17-16-18-21-25-32(3)5-2/h12-13,15,19,22,26,32-34,37-38H,4-11,14,16-18,20-21,23-25,27-31H2,1-3H3/b13-12+,19-15+,26-22+/t32?,33?,34-/m0/s1. The lowest BCUT2D eigenvalue weighted by Crippen LogP contribution is -2.28. The summed E-state index contributed by atoms with van der Waals surface area (Å²) >= 11 is 0. The molecule has 0 aliphatic heterocycles. The molecule has 0 saturated heterocycles. The minimum atomic E-state index is -0.859. The average Bonchev–Trinajstić information content (AvgIpc) is 2.98. The van der Waals surface area contributed by atoms with Gasteiger partial charge in [-0.3, -0.25) is 9.59 Å². The molecule has 6 nitrogen and oxygen atoms in total. The van der Waals surface area contributed by atoms with Crippen LogP contribution in [-0.2, 0) is 19.1 Å². The van der Waals surface area contributed by atoms with Crippen molar-refractivity contribution in [2.75, 3.05) is 13.2 Å². The number of carbonyl (C=O) groups excluding carboxylic acids is 2. The summed E-state index contributed by atoms with van der Waals surface area (Å²) in [5.41, 5.74) is 0. The Kier molecular flexibility index (Phi) is 29.1. The van der Waals surface area contributed by atoms with E-state index in [4.69, 9.17) is 9.47 Å². The van der Waals surface area contributed by atoms with Crippen LogP contribution in [0.2, 0.25) is 0 Å². The average molecular weight is 593 g/mol. The Hall–Kier alpha value is -1.92. The Morgan fingerprint density at radius 3 is 2.12 bits per heavy atom. The minimum absolute atomic E-state index is 0.131. The van der Waals surface area contributed by atoms with Crippen molar-refractivity contribution in [3.63, 3.8) is 0 Å². The first-order chi connectivity index (χ1) is 20.4. The Bertz CT molecular complexity index is 714. The highest BCUT2D eigenvalue weighted by atomic mass is 16.6. The molecule has 42 heavy (non-hydrogen) atoms. The molecule has 2 N–H and O–H groups in total. The van der Waals surface area contributed by atoms with Gasteiger partial charge >= 0.3 is 11.9 Å². The maximum Gasteiger partial charge on any atom is 0.306 e. The van der Waals surface area contributed by atoms with Gasteiger partial charge in [0, 0.05) is 12.8 Å². The lowest BCUT2D eigenvalue weighted by molar-refractivity contribution is -0.161. The Labute approximate surface area is 258 Å². The van der Waals surface area contributed by atoms with Crippen LogP contribution in [0.15, 0.2) is 36.5 Å². The lowest BCUT2D eigenvalue weighted by atomic mass is 10.00. The number of esters is 2. The highest BCUT2D eigenvalue weighted by molar-refractivity contribution is 5.70. The number of unbranched alkanes of at least 4 members (excludes halogenated alkanes) is 11. The summed E-state index contributed by atoms with van der Waals surface area (Å²) in [7, 11) is 0. The largest absolute Gasteiger partial charge is 0.462 e. The molecule has 0 heterocycles. The molecule has 3 atom stereocenters. The quantitative estimate of drug-likeness (QED) is 0.0390. The van der Waals surface area contributed by atoms with Crippen molar-refractivity contribution in [1.82, 2.24) is 0 Å². The van der Waals surface area contributed by atoms with E-state index < -0.39 is 24.8 Å². The zero-order valence-corrected chi connectivity index (χ0v) is 27.3. The molecule has 0 aromatic carbocycles. The van der Waals surface area contributed by atoms with E-state index in [9.17, 15) is 19.8 Å². The van der Waals surface area contributed by atoms with Crippen LogP contribution in [0.4, 0.5) is 0 Å². The van der Waals surface area contributed by atoms with E-state index in [-0.39, 0.29) is 19.0 Å². The third-order valence-corrected chi connectivity index (χ3v) is 7.58. The Balaban J connectivity index is 3.84. The molecule has 0 bridgehead atoms. The van der Waals surface area contributed by atoms with Gasteiger partial charge in [0.25, 0.3) is 0 Å². The van der Waals surface area contributed by atoms with Crippen LogP contribution in [0.3, 0.4) is 0 Å². The molecular formula is C36H64O6. The maximum atomic E-state index is 12.1. The molecule has 0 fully saturated rings. The van der Waals surface area contributed by atoms with Crippen molar-refractivity contribution in [2.45, 2.75) is 161 Å². The summed E-state index contributed by atoms with van der Waals surface area (Å²) in [6.07, 6.45) is 31.0. The highest BCUT2D eigenvalue weighted by Crippen LogP contribution is 2.15. The molecule has 0 radical (unpaired) electrons. The third-order valence-electron chi connectivity index (χ3n) is 7.58. The monoisotopic (exact) mass is 592 g/mol. The molecule has 0 aromatic heterocycles. The van der Waals surface area contributed by atoms with Gasteiger partial charge in [0.15, 0.2) is 6.10 Å². The summed E-state index contributed by atoms with van der Waals surface area (Å²) in [5, 5.41) is 19.6. The van der Waals surface area contributed by atoms with Crippen LogP contribution in [0.25, 0.3) is 0 Å². The SMILES string of the molecule is CCCCCCCC/C=C/C/C=C/C=C/C(O)CCCC(=O)O[C@@H](CO)COC(=O)CCCCCCCCC(C)CC. The smallest absolute Gasteiger partial charge is 0.306 e. The molecule has 0 saturated carbocycles. The van der Waals surface area contributed by atoms with Crippen molar-refractivity contribution >= 4 is 11.9 Å². The maximum absolute atomic E-state index is 12.1. The van der Waals surface area contributed by atoms with Gasteiger partial charge in [-0.15, -0.1) is 0 Å². The zero-order chi connectivity index (χ0) is 31.1. The second-order valence-electron chi connectivity index (χ2n) is 11.7. The number of rotatable bonds is 29. The van der Waals surface area contributed by atoms with Crippen LogP contribution < -0.4 is 0 Å². The topological polar surface area (TPSA) is 93.1 Å². The normalized spacial score (nSPS) is 14.1. The van der Waals surface area contributed by atoms with Crippen LogP contribution in [0, 0.1) is 5.92 Å². The Morgan fingerprint density at radius 2 is 1.40 bits per heavy atom. The van der Waals surface area contributed by atoms with Gasteiger partial charge in [-0.25, -0.2) is 0 Å². The minimum Gasteiger partial charge on any atom is -0.462 e. The fraction of sp³-hybridized carbons (Fsp3) is 0.778. The molecule has 0 aliphatic rings. The number of allylic oxidation sites excluding steroid dienone is 5. The molecule has 2 unspecified atom stereocenters. The fourth-order valence-corrected chi connectivity index (χ4v) is 4.54. The van der Waals surface area contributed by atoms with Crippen molar-refractivity contribution < 1.29 is 29.3 Å². The number of hydrogen-bond donors (Lipinski definition) is 2. The highest BCUT2D eigenvalue weighted by Gasteiger charge is 2.16. The summed E-state index contributed by atoms with van der Waals surface area (Å²) in [6, 6.07) is 0. The lowest BCUT2D eigenvalue weighted by Gasteiger charge is -2.16. The molecule has 244 valence electrons. The van der Waals surface area contributed by atoms with E-state index in [1.165, 1.54) is 70.6 Å². The summed E-state index contributed by atoms with van der Waals surface area (Å²) in [4.78, 5) is 24.1. The number of carbonyl (C=O) groups is 2. The second kappa shape index (κ2) is 30.5. The van der Waals surface area contributed by atoms with E-state index >= 15 is 0 Å². The number of aliphatic hydroxyl groups is 2. The van der Waals surface area contributed by atoms with Gasteiger partial charge in [-0.2, -0.15) is 0 Å². The Morgan fingerprint density at radius 1 is 0.738 bits per heavy atom. The van der Waals surface area contributed by atoms with Crippen LogP contribution in [0.1, 0.15) is 149 Å². The van der Waals surface area contributed by atoms with Gasteiger partial charge in [0.1, 0.15) is 6.61 Å². The first kappa shape index (κ1) is 40.1. The molecule has 0 aliphatic carbocycles. The van der Waals surface area contributed by atoms with Gasteiger partial charge < -0.3 is 19.7 Å². The molecule has 0 spiro atoms. The molecule has 6 heteroatoms. The molecule has 0 rings (SSSR count). The molecule has 0 amide bonds. The van der Waals surface area contributed by atoms with E-state index in [0.29, 0.717) is 19.3 Å². The third kappa shape index (κ3) is 28.2. The summed E-state index contributed by atoms with van der Waals surface area (Å²) < 4.78 is 10.4. The molecule has 0 aromatic rings. The number of ether oxygens (including phenoxy) is 2. The van der Waals surface area contributed by atoms with E-state index in [0.717, 1.165) is 38.0 Å². The number of hydrogen-bond acceptors (Lipinski definition) is 6. The predicted molar refractivity (Wildman–Crippen MR) is 174 cm³/mol. The second-order valence-corrected chi connectivity index (χ2v) is 11.7. The predicted octanol–water partition coefficient (Wildman–Crippen LogP) is 8.94. The fourth-order valence-electron chi connectivity index (χ4n) is 4.54. The van der Waals surface area contributed by atoms with Gasteiger partial charge in [0.2, 0.25) is 0 Å². The van der Waals surface area contributed by atoms with Gasteiger partial charge in [-0.1, -0.05) is 134 Å². The van der Waals surface area contributed by atoms with Gasteiger partial charge in [0.05, 0.1) is 12.7 Å². The number of aliphatic hydroxyl groups excluding tert-OH is 2. The van der Waals surface area contributed by atoms with Gasteiger partial charge in [-0.05, 0) is 44.4 Å². The summed E-state index contributed by atoms with van der Waals surface area (Å²) in [6.45, 7) is 6.24. The van der Waals surface area contributed by atoms with E-state index in [1.54, 1.807) is 6.08 Å². The van der Waals surface area contributed by atoms with Crippen molar-refractivity contribution in [1.29, 1.82) is 0 Å². The van der Waals surface area contributed by atoms with E-state index in [1.807, 2.05) is 12.2 Å². The molecular weight excluding hydrogens is 528 g/mol. The van der Waals surface area contributed by atoms with Crippen LogP contribution in [-0.4, -0.2) is 47.6 Å². The van der Waals surface area contributed by atoms with Crippen molar-refractivity contribution in [3.05, 3.63) is 36.5 Å². The van der Waals surface area contributed by atoms with Crippen LogP contribution in [0.5, 0.6) is 0 Å².